The van der Waals surface area contributed by atoms with E-state index in [4.69, 9.17) is 0 Å². The van der Waals surface area contributed by atoms with Crippen LogP contribution >= 0.6 is 0 Å². The van der Waals surface area contributed by atoms with Gasteiger partial charge >= 0.3 is 0 Å². The molecule has 1 aliphatic rings. The van der Waals surface area contributed by atoms with E-state index in [9.17, 15) is 5.11 Å². The number of aryl methyl sites for hydroxylation is 1. The second kappa shape index (κ2) is 4.30. The van der Waals surface area contributed by atoms with E-state index in [0.717, 1.165) is 24.1 Å². The summed E-state index contributed by atoms with van der Waals surface area (Å²) < 4.78 is 2.08. The van der Waals surface area contributed by atoms with Gasteiger partial charge in [-0.15, -0.1) is 0 Å². The van der Waals surface area contributed by atoms with Crippen LogP contribution in [0.2, 0.25) is 0 Å². The lowest BCUT2D eigenvalue weighted by Gasteiger charge is -2.15. The lowest BCUT2D eigenvalue weighted by atomic mass is 10.0. The van der Waals surface area contributed by atoms with Gasteiger partial charge in [0.15, 0.2) is 0 Å². The SMILES string of the molecule is OCc1ccncc1-n1cnc2c1CCCC2. The van der Waals surface area contributed by atoms with Gasteiger partial charge in [0.2, 0.25) is 0 Å². The van der Waals surface area contributed by atoms with Crippen molar-refractivity contribution in [1.82, 2.24) is 14.5 Å². The Balaban J connectivity index is 2.12. The van der Waals surface area contributed by atoms with Crippen LogP contribution in [0.3, 0.4) is 0 Å². The molecule has 2 heterocycles. The number of imidazole rings is 1. The minimum absolute atomic E-state index is 0.0325. The van der Waals surface area contributed by atoms with Gasteiger partial charge in [0, 0.05) is 17.5 Å². The predicted molar refractivity (Wildman–Crippen MR) is 63.9 cm³/mol. The van der Waals surface area contributed by atoms with Crippen molar-refractivity contribution in [2.75, 3.05) is 0 Å². The van der Waals surface area contributed by atoms with Crippen LogP contribution in [0.5, 0.6) is 0 Å². The second-order valence-electron chi connectivity index (χ2n) is 4.38. The molecule has 1 N–H and O–H groups in total. The Morgan fingerprint density at radius 3 is 3.06 bits per heavy atom. The molecule has 17 heavy (non-hydrogen) atoms. The van der Waals surface area contributed by atoms with Crippen LogP contribution in [0, 0.1) is 0 Å². The zero-order chi connectivity index (χ0) is 11.7. The fourth-order valence-electron chi connectivity index (χ4n) is 2.44. The van der Waals surface area contributed by atoms with Gasteiger partial charge < -0.3 is 9.67 Å². The molecule has 0 fully saturated rings. The maximum Gasteiger partial charge on any atom is 0.0998 e. The Kier molecular flexibility index (Phi) is 2.65. The van der Waals surface area contributed by atoms with E-state index in [2.05, 4.69) is 14.5 Å². The number of hydrogen-bond donors (Lipinski definition) is 1. The first-order valence-electron chi connectivity index (χ1n) is 5.99. The summed E-state index contributed by atoms with van der Waals surface area (Å²) in [6, 6.07) is 1.85. The number of aliphatic hydroxyl groups excluding tert-OH is 1. The molecule has 1 aliphatic carbocycles. The van der Waals surface area contributed by atoms with Crippen molar-refractivity contribution < 1.29 is 5.11 Å². The van der Waals surface area contributed by atoms with Crippen molar-refractivity contribution >= 4 is 0 Å². The summed E-state index contributed by atoms with van der Waals surface area (Å²) in [5.41, 5.74) is 4.32. The van der Waals surface area contributed by atoms with Gasteiger partial charge in [-0.1, -0.05) is 0 Å². The normalized spacial score (nSPS) is 14.6. The molecule has 0 saturated carbocycles. The van der Waals surface area contributed by atoms with Gasteiger partial charge in [0.25, 0.3) is 0 Å². The first-order chi connectivity index (χ1) is 8.40. The maximum atomic E-state index is 9.36. The molecule has 4 heteroatoms. The van der Waals surface area contributed by atoms with Crippen LogP contribution in [0.25, 0.3) is 5.69 Å². The minimum Gasteiger partial charge on any atom is -0.392 e. The topological polar surface area (TPSA) is 50.9 Å². The fourth-order valence-corrected chi connectivity index (χ4v) is 2.44. The Morgan fingerprint density at radius 1 is 1.29 bits per heavy atom. The van der Waals surface area contributed by atoms with Crippen LogP contribution < -0.4 is 0 Å². The first-order valence-corrected chi connectivity index (χ1v) is 5.99. The summed E-state index contributed by atoms with van der Waals surface area (Å²) >= 11 is 0. The van der Waals surface area contributed by atoms with E-state index >= 15 is 0 Å². The van der Waals surface area contributed by atoms with Crippen molar-refractivity contribution in [3.8, 4) is 5.69 Å². The number of nitrogens with zero attached hydrogens (tertiary/aromatic N) is 3. The molecule has 88 valence electrons. The van der Waals surface area contributed by atoms with Crippen LogP contribution in [0.15, 0.2) is 24.8 Å². The van der Waals surface area contributed by atoms with Crippen molar-refractivity contribution in [3.05, 3.63) is 41.7 Å². The maximum absolute atomic E-state index is 9.36. The molecule has 0 radical (unpaired) electrons. The van der Waals surface area contributed by atoms with Crippen LogP contribution in [0.1, 0.15) is 29.8 Å². The van der Waals surface area contributed by atoms with Crippen LogP contribution in [-0.2, 0) is 19.4 Å². The minimum atomic E-state index is 0.0325. The standard InChI is InChI=1S/C13H15N3O/c17-8-10-5-6-14-7-13(10)16-9-15-11-3-1-2-4-12(11)16/h5-7,9,17H,1-4,8H2. The highest BCUT2D eigenvalue weighted by Gasteiger charge is 2.17. The number of aromatic nitrogens is 3. The van der Waals surface area contributed by atoms with Crippen molar-refractivity contribution in [2.45, 2.75) is 32.3 Å². The quantitative estimate of drug-likeness (QED) is 0.851. The number of pyridine rings is 1. The second-order valence-corrected chi connectivity index (χ2v) is 4.38. The molecule has 0 atom stereocenters. The molecular formula is C13H15N3O. The lowest BCUT2D eigenvalue weighted by Crippen LogP contribution is -2.08. The van der Waals surface area contributed by atoms with E-state index in [0.29, 0.717) is 0 Å². The average molecular weight is 229 g/mol. The van der Waals surface area contributed by atoms with E-state index in [1.54, 1.807) is 12.4 Å². The van der Waals surface area contributed by atoms with E-state index in [-0.39, 0.29) is 6.61 Å². The molecule has 0 unspecified atom stereocenters. The third-order valence-corrected chi connectivity index (χ3v) is 3.35. The van der Waals surface area contributed by atoms with Gasteiger partial charge in [-0.25, -0.2) is 4.98 Å². The molecule has 3 rings (SSSR count). The van der Waals surface area contributed by atoms with Crippen LogP contribution in [0.4, 0.5) is 0 Å². The summed E-state index contributed by atoms with van der Waals surface area (Å²) in [5.74, 6) is 0. The van der Waals surface area contributed by atoms with Gasteiger partial charge in [-0.3, -0.25) is 4.98 Å². The third kappa shape index (κ3) is 1.74. The Morgan fingerprint density at radius 2 is 2.18 bits per heavy atom. The molecule has 0 bridgehead atoms. The molecule has 0 aliphatic heterocycles. The molecule has 0 aromatic carbocycles. The van der Waals surface area contributed by atoms with Crippen molar-refractivity contribution in [2.24, 2.45) is 0 Å². The smallest absolute Gasteiger partial charge is 0.0998 e. The molecule has 2 aromatic heterocycles. The Bertz CT molecular complexity index is 533. The summed E-state index contributed by atoms with van der Waals surface area (Å²) in [5, 5.41) is 9.36. The highest BCUT2D eigenvalue weighted by molar-refractivity contribution is 5.41. The summed E-state index contributed by atoms with van der Waals surface area (Å²) in [7, 11) is 0. The highest BCUT2D eigenvalue weighted by atomic mass is 16.3. The fraction of sp³-hybridized carbons (Fsp3) is 0.385. The van der Waals surface area contributed by atoms with Crippen molar-refractivity contribution in [3.63, 3.8) is 0 Å². The summed E-state index contributed by atoms with van der Waals surface area (Å²) in [6.45, 7) is 0.0325. The Labute approximate surface area is 100.0 Å². The molecule has 0 amide bonds. The average Bonchev–Trinajstić information content (AvgIpc) is 2.82. The van der Waals surface area contributed by atoms with E-state index in [1.807, 2.05) is 12.4 Å². The largest absolute Gasteiger partial charge is 0.392 e. The number of fused-ring (bicyclic) bond motifs is 1. The van der Waals surface area contributed by atoms with Gasteiger partial charge in [-0.2, -0.15) is 0 Å². The zero-order valence-corrected chi connectivity index (χ0v) is 9.63. The molecule has 2 aromatic rings. The summed E-state index contributed by atoms with van der Waals surface area (Å²) in [6.07, 6.45) is 9.93. The molecular weight excluding hydrogens is 214 g/mol. The molecule has 0 saturated heterocycles. The van der Waals surface area contributed by atoms with Gasteiger partial charge in [0.1, 0.15) is 0 Å². The first kappa shape index (κ1) is 10.5. The third-order valence-electron chi connectivity index (χ3n) is 3.35. The summed E-state index contributed by atoms with van der Waals surface area (Å²) in [4.78, 5) is 8.60. The van der Waals surface area contributed by atoms with Crippen molar-refractivity contribution in [1.29, 1.82) is 0 Å². The monoisotopic (exact) mass is 229 g/mol. The Hall–Kier alpha value is -1.68. The van der Waals surface area contributed by atoms with E-state index in [1.165, 1.54) is 24.2 Å². The number of hydrogen-bond acceptors (Lipinski definition) is 3. The van der Waals surface area contributed by atoms with Gasteiger partial charge in [-0.05, 0) is 31.7 Å². The van der Waals surface area contributed by atoms with E-state index < -0.39 is 0 Å². The lowest BCUT2D eigenvalue weighted by molar-refractivity contribution is 0.281. The number of aliphatic hydroxyl groups is 1. The zero-order valence-electron chi connectivity index (χ0n) is 9.63. The van der Waals surface area contributed by atoms with Gasteiger partial charge in [0.05, 0.1) is 30.5 Å². The van der Waals surface area contributed by atoms with Crippen LogP contribution in [-0.4, -0.2) is 19.6 Å². The molecule has 4 nitrogen and oxygen atoms in total. The highest BCUT2D eigenvalue weighted by Crippen LogP contribution is 2.24. The number of rotatable bonds is 2. The predicted octanol–water partition coefficient (Wildman–Crippen LogP) is 1.64. The molecule has 0 spiro atoms.